The molecule has 19 heavy (non-hydrogen) atoms. The lowest BCUT2D eigenvalue weighted by atomic mass is 9.99. The van der Waals surface area contributed by atoms with Crippen molar-refractivity contribution in [2.45, 2.75) is 76.3 Å². The van der Waals surface area contributed by atoms with Crippen LogP contribution in [-0.2, 0) is 9.47 Å². The Labute approximate surface area is 114 Å². The van der Waals surface area contributed by atoms with Gasteiger partial charge in [0, 0.05) is 0 Å². The maximum atomic E-state index is 9.80. The predicted octanol–water partition coefficient (Wildman–Crippen LogP) is -0.228. The van der Waals surface area contributed by atoms with Crippen molar-refractivity contribution < 1.29 is 29.9 Å². The molecular weight excluding hydrogens is 252 g/mol. The van der Waals surface area contributed by atoms with Crippen LogP contribution in [0.25, 0.3) is 0 Å². The molecule has 1 aliphatic heterocycles. The maximum absolute atomic E-state index is 9.80. The maximum Gasteiger partial charge on any atom is 0.186 e. The third-order valence-electron chi connectivity index (χ3n) is 3.43. The van der Waals surface area contributed by atoms with Gasteiger partial charge in [0.05, 0.1) is 12.7 Å². The zero-order chi connectivity index (χ0) is 14.4. The van der Waals surface area contributed by atoms with Crippen LogP contribution in [0.3, 0.4) is 0 Å². The van der Waals surface area contributed by atoms with E-state index in [1.807, 2.05) is 6.92 Å². The first-order valence-electron chi connectivity index (χ1n) is 6.97. The van der Waals surface area contributed by atoms with E-state index in [1.54, 1.807) is 0 Å². The largest absolute Gasteiger partial charge is 0.394 e. The summed E-state index contributed by atoms with van der Waals surface area (Å²) in [7, 11) is 0. The third-order valence-corrected chi connectivity index (χ3v) is 3.43. The molecule has 6 nitrogen and oxygen atoms in total. The Balaban J connectivity index is 2.47. The summed E-state index contributed by atoms with van der Waals surface area (Å²) in [4.78, 5) is 0. The molecule has 1 heterocycles. The van der Waals surface area contributed by atoms with Crippen molar-refractivity contribution in [3.63, 3.8) is 0 Å². The molecule has 0 spiro atoms. The SMILES string of the molecule is CCCCC[C@H](C)O[C@H]1O[C@@H](CO)[C@H](O)[C@@H](O)[C@@H]1O. The number of hydrogen-bond acceptors (Lipinski definition) is 6. The molecule has 6 atom stereocenters. The molecule has 0 aromatic carbocycles. The molecule has 114 valence electrons. The monoisotopic (exact) mass is 278 g/mol. The van der Waals surface area contributed by atoms with Crippen LogP contribution in [0.15, 0.2) is 0 Å². The van der Waals surface area contributed by atoms with Crippen LogP contribution in [0, 0.1) is 0 Å². The van der Waals surface area contributed by atoms with Crippen LogP contribution < -0.4 is 0 Å². The van der Waals surface area contributed by atoms with E-state index in [4.69, 9.17) is 14.6 Å². The van der Waals surface area contributed by atoms with Gasteiger partial charge in [-0.3, -0.25) is 0 Å². The summed E-state index contributed by atoms with van der Waals surface area (Å²) in [6.07, 6.45) is -1.99. The number of aliphatic hydroxyl groups excluding tert-OH is 4. The quantitative estimate of drug-likeness (QED) is 0.480. The van der Waals surface area contributed by atoms with Gasteiger partial charge in [-0.2, -0.15) is 0 Å². The van der Waals surface area contributed by atoms with E-state index < -0.39 is 37.3 Å². The molecule has 0 aromatic rings. The average molecular weight is 278 g/mol. The summed E-state index contributed by atoms with van der Waals surface area (Å²) >= 11 is 0. The summed E-state index contributed by atoms with van der Waals surface area (Å²) in [5, 5.41) is 38.1. The molecule has 0 radical (unpaired) electrons. The summed E-state index contributed by atoms with van der Waals surface area (Å²) in [6, 6.07) is 0. The number of unbranched alkanes of at least 4 members (excludes halogenated alkanes) is 2. The molecule has 0 amide bonds. The average Bonchev–Trinajstić information content (AvgIpc) is 2.39. The van der Waals surface area contributed by atoms with Gasteiger partial charge in [0.25, 0.3) is 0 Å². The fraction of sp³-hybridized carbons (Fsp3) is 1.00. The fourth-order valence-corrected chi connectivity index (χ4v) is 2.16. The van der Waals surface area contributed by atoms with Crippen LogP contribution in [0.5, 0.6) is 0 Å². The van der Waals surface area contributed by atoms with Crippen molar-refractivity contribution in [1.29, 1.82) is 0 Å². The highest BCUT2D eigenvalue weighted by Gasteiger charge is 2.44. The zero-order valence-corrected chi connectivity index (χ0v) is 11.6. The molecular formula is C13H26O6. The van der Waals surface area contributed by atoms with E-state index in [2.05, 4.69) is 6.92 Å². The minimum absolute atomic E-state index is 0.118. The Kier molecular flexibility index (Phi) is 7.20. The second kappa shape index (κ2) is 8.14. The number of hydrogen-bond donors (Lipinski definition) is 4. The molecule has 1 aliphatic rings. The minimum atomic E-state index is -1.38. The molecule has 6 heteroatoms. The van der Waals surface area contributed by atoms with Crippen LogP contribution in [0.1, 0.15) is 39.5 Å². The van der Waals surface area contributed by atoms with Gasteiger partial charge in [-0.25, -0.2) is 0 Å². The van der Waals surface area contributed by atoms with Gasteiger partial charge in [-0.1, -0.05) is 26.2 Å². The van der Waals surface area contributed by atoms with Crippen molar-refractivity contribution >= 4 is 0 Å². The molecule has 1 saturated heterocycles. The van der Waals surface area contributed by atoms with Gasteiger partial charge < -0.3 is 29.9 Å². The first-order chi connectivity index (χ1) is 9.01. The Bertz CT molecular complexity index is 247. The van der Waals surface area contributed by atoms with Crippen molar-refractivity contribution in [1.82, 2.24) is 0 Å². The number of rotatable bonds is 7. The Morgan fingerprint density at radius 2 is 1.79 bits per heavy atom. The molecule has 0 unspecified atom stereocenters. The van der Waals surface area contributed by atoms with E-state index in [0.29, 0.717) is 0 Å². The van der Waals surface area contributed by atoms with Gasteiger partial charge in [0.1, 0.15) is 24.4 Å². The highest BCUT2D eigenvalue weighted by Crippen LogP contribution is 2.23. The fourth-order valence-electron chi connectivity index (χ4n) is 2.16. The lowest BCUT2D eigenvalue weighted by Crippen LogP contribution is -2.59. The Morgan fingerprint density at radius 1 is 1.11 bits per heavy atom. The van der Waals surface area contributed by atoms with Crippen LogP contribution in [0.4, 0.5) is 0 Å². The van der Waals surface area contributed by atoms with Crippen molar-refractivity contribution in [2.75, 3.05) is 6.61 Å². The highest BCUT2D eigenvalue weighted by molar-refractivity contribution is 4.89. The van der Waals surface area contributed by atoms with Gasteiger partial charge in [-0.15, -0.1) is 0 Å². The van der Waals surface area contributed by atoms with Crippen molar-refractivity contribution in [3.8, 4) is 0 Å². The molecule has 0 aromatic heterocycles. The number of ether oxygens (including phenoxy) is 2. The van der Waals surface area contributed by atoms with E-state index in [0.717, 1.165) is 25.7 Å². The predicted molar refractivity (Wildman–Crippen MR) is 68.5 cm³/mol. The number of aliphatic hydroxyl groups is 4. The smallest absolute Gasteiger partial charge is 0.186 e. The Hall–Kier alpha value is -0.240. The molecule has 0 aliphatic carbocycles. The summed E-state index contributed by atoms with van der Waals surface area (Å²) < 4.78 is 10.8. The molecule has 4 N–H and O–H groups in total. The van der Waals surface area contributed by atoms with Crippen molar-refractivity contribution in [2.24, 2.45) is 0 Å². The normalized spacial score (nSPS) is 37.3. The van der Waals surface area contributed by atoms with E-state index in [1.165, 1.54) is 0 Å². The lowest BCUT2D eigenvalue weighted by Gasteiger charge is -2.40. The van der Waals surface area contributed by atoms with Crippen molar-refractivity contribution in [3.05, 3.63) is 0 Å². The minimum Gasteiger partial charge on any atom is -0.394 e. The molecule has 1 rings (SSSR count). The van der Waals surface area contributed by atoms with Crippen LogP contribution >= 0.6 is 0 Å². The molecule has 0 saturated carbocycles. The van der Waals surface area contributed by atoms with Crippen LogP contribution in [-0.4, -0.2) is 63.8 Å². The standard InChI is InChI=1S/C13H26O6/c1-3-4-5-6-8(2)18-13-12(17)11(16)10(15)9(7-14)19-13/h8-17H,3-7H2,1-2H3/t8-,9-,10-,11+,12-,13-/m0/s1. The summed E-state index contributed by atoms with van der Waals surface area (Å²) in [5.41, 5.74) is 0. The van der Waals surface area contributed by atoms with Crippen LogP contribution in [0.2, 0.25) is 0 Å². The van der Waals surface area contributed by atoms with Gasteiger partial charge in [0.2, 0.25) is 0 Å². The lowest BCUT2D eigenvalue weighted by molar-refractivity contribution is -0.310. The second-order valence-electron chi connectivity index (χ2n) is 5.14. The topological polar surface area (TPSA) is 99.4 Å². The van der Waals surface area contributed by atoms with E-state index in [9.17, 15) is 15.3 Å². The zero-order valence-electron chi connectivity index (χ0n) is 11.6. The third kappa shape index (κ3) is 4.66. The summed E-state index contributed by atoms with van der Waals surface area (Å²) in [6.45, 7) is 3.55. The van der Waals surface area contributed by atoms with E-state index >= 15 is 0 Å². The molecule has 0 bridgehead atoms. The second-order valence-corrected chi connectivity index (χ2v) is 5.14. The first kappa shape index (κ1) is 16.8. The highest BCUT2D eigenvalue weighted by atomic mass is 16.7. The van der Waals surface area contributed by atoms with Gasteiger partial charge >= 0.3 is 0 Å². The van der Waals surface area contributed by atoms with Gasteiger partial charge in [-0.05, 0) is 13.3 Å². The molecule has 1 fully saturated rings. The van der Waals surface area contributed by atoms with Gasteiger partial charge in [0.15, 0.2) is 6.29 Å². The first-order valence-corrected chi connectivity index (χ1v) is 6.97. The summed E-state index contributed by atoms with van der Waals surface area (Å²) in [5.74, 6) is 0. The van der Waals surface area contributed by atoms with E-state index in [-0.39, 0.29) is 6.10 Å². The Morgan fingerprint density at radius 3 is 2.37 bits per heavy atom.